The largest absolute Gasteiger partial charge is 0.468 e. The highest BCUT2D eigenvalue weighted by Gasteiger charge is 1.89. The third-order valence-corrected chi connectivity index (χ3v) is 1.17. The summed E-state index contributed by atoms with van der Waals surface area (Å²) in [6.07, 6.45) is 0. The second kappa shape index (κ2) is 17.9. The van der Waals surface area contributed by atoms with E-state index in [2.05, 4.69) is 4.74 Å². The molecular formula is C6H11Cl3O4. The topological polar surface area (TPSA) is 63.6 Å². The van der Waals surface area contributed by atoms with Crippen molar-refractivity contribution in [2.24, 2.45) is 0 Å². The van der Waals surface area contributed by atoms with Crippen LogP contribution in [0.25, 0.3) is 0 Å². The molecule has 0 aromatic heterocycles. The predicted octanol–water partition coefficient (Wildman–Crippen LogP) is 0.997. The van der Waals surface area contributed by atoms with Crippen molar-refractivity contribution in [1.82, 2.24) is 0 Å². The van der Waals surface area contributed by atoms with Crippen LogP contribution in [-0.4, -0.2) is 42.3 Å². The van der Waals surface area contributed by atoms with Gasteiger partial charge in [-0.05, 0) is 11.6 Å². The zero-order valence-electron chi connectivity index (χ0n) is 7.22. The number of esters is 1. The van der Waals surface area contributed by atoms with Gasteiger partial charge in [-0.2, -0.15) is 0 Å². The number of carbonyl (C=O) groups is 2. The number of alkyl halides is 2. The van der Waals surface area contributed by atoms with Gasteiger partial charge in [-0.1, -0.05) is 0 Å². The molecule has 0 radical (unpaired) electrons. The number of ether oxygens (including phenoxy) is 1. The molecule has 0 rings (SSSR count). The average molecular weight is 254 g/mol. The Hall–Kier alpha value is -0.0300. The molecule has 0 heterocycles. The molecule has 0 aliphatic carbocycles. The summed E-state index contributed by atoms with van der Waals surface area (Å²) < 4.78 is 4.13. The van der Waals surface area contributed by atoms with Crippen LogP contribution in [0.2, 0.25) is 0 Å². The summed E-state index contributed by atoms with van der Waals surface area (Å²) in [5.41, 5.74) is 0. The van der Waals surface area contributed by atoms with E-state index >= 15 is 0 Å². The number of hydrogen-bond donors (Lipinski definition) is 1. The first-order valence-electron chi connectivity index (χ1n) is 2.90. The van der Waals surface area contributed by atoms with Gasteiger partial charge in [-0.3, -0.25) is 9.59 Å². The van der Waals surface area contributed by atoms with Gasteiger partial charge < -0.3 is 9.84 Å². The molecule has 0 aliphatic heterocycles. The molecule has 0 bridgehead atoms. The van der Waals surface area contributed by atoms with Gasteiger partial charge >= 0.3 is 5.97 Å². The lowest BCUT2D eigenvalue weighted by Gasteiger charge is -1.85. The molecule has 0 saturated heterocycles. The molecule has 7 heteroatoms. The summed E-state index contributed by atoms with van der Waals surface area (Å²) in [5, 5.41) is 6.49. The molecule has 0 saturated carbocycles. The lowest BCUT2D eigenvalue weighted by Crippen LogP contribution is -1.99. The van der Waals surface area contributed by atoms with E-state index < -0.39 is 11.2 Å². The minimum atomic E-state index is -0.508. The Labute approximate surface area is 91.7 Å². The summed E-state index contributed by atoms with van der Waals surface area (Å²) in [7, 11) is 2.30. The fraction of sp³-hybridized carbons (Fsp3) is 0.667. The Morgan fingerprint density at radius 2 is 1.54 bits per heavy atom. The molecule has 0 amide bonds. The van der Waals surface area contributed by atoms with Crippen LogP contribution >= 0.6 is 34.8 Å². The summed E-state index contributed by atoms with van der Waals surface area (Å²) in [5.74, 6) is -0.547. The van der Waals surface area contributed by atoms with E-state index in [1.165, 1.54) is 7.11 Å². The average Bonchev–Trinajstić information content (AvgIpc) is 2.20. The summed E-state index contributed by atoms with van der Waals surface area (Å²) in [6, 6.07) is 0. The molecule has 80 valence electrons. The lowest BCUT2D eigenvalue weighted by molar-refractivity contribution is -0.137. The highest BCUT2D eigenvalue weighted by atomic mass is 35.5. The molecule has 4 nitrogen and oxygen atoms in total. The Morgan fingerprint density at radius 1 is 1.23 bits per heavy atom. The van der Waals surface area contributed by atoms with E-state index in [1.807, 2.05) is 0 Å². The van der Waals surface area contributed by atoms with Gasteiger partial charge in [-0.15, -0.1) is 23.2 Å². The van der Waals surface area contributed by atoms with Gasteiger partial charge in [-0.25, -0.2) is 0 Å². The Balaban J connectivity index is -0.000000131. The van der Waals surface area contributed by atoms with Crippen molar-refractivity contribution in [3.63, 3.8) is 0 Å². The monoisotopic (exact) mass is 252 g/mol. The maximum Gasteiger partial charge on any atom is 0.320 e. The van der Waals surface area contributed by atoms with Crippen LogP contribution in [0, 0.1) is 0 Å². The first-order valence-corrected chi connectivity index (χ1v) is 4.35. The minimum absolute atomic E-state index is 0.0590. The highest BCUT2D eigenvalue weighted by molar-refractivity contribution is 6.67. The van der Waals surface area contributed by atoms with Gasteiger partial charge in [0, 0.05) is 7.11 Å². The normalized spacial score (nSPS) is 6.92. The maximum absolute atomic E-state index is 9.83. The second-order valence-corrected chi connectivity index (χ2v) is 2.15. The van der Waals surface area contributed by atoms with E-state index in [0.29, 0.717) is 0 Å². The third-order valence-electron chi connectivity index (χ3n) is 0.442. The number of carbonyl (C=O) groups excluding carboxylic acids is 2. The molecule has 0 fully saturated rings. The summed E-state index contributed by atoms with van der Waals surface area (Å²) in [4.78, 5) is 19.3. The van der Waals surface area contributed by atoms with E-state index in [0.717, 1.165) is 7.11 Å². The number of aliphatic hydroxyl groups is 1. The van der Waals surface area contributed by atoms with Gasteiger partial charge in [0.25, 0.3) is 0 Å². The molecule has 13 heavy (non-hydrogen) atoms. The van der Waals surface area contributed by atoms with Crippen molar-refractivity contribution in [1.29, 1.82) is 0 Å². The first-order chi connectivity index (χ1) is 6.08. The second-order valence-electron chi connectivity index (χ2n) is 1.20. The number of aliphatic hydroxyl groups excluding tert-OH is 1. The van der Waals surface area contributed by atoms with Crippen LogP contribution in [-0.2, 0) is 14.3 Å². The fourth-order valence-corrected chi connectivity index (χ4v) is 0.164. The smallest absolute Gasteiger partial charge is 0.320 e. The molecule has 1 N–H and O–H groups in total. The lowest BCUT2D eigenvalue weighted by atomic mass is 10.8. The Morgan fingerprint density at radius 3 is 1.54 bits per heavy atom. The fourth-order valence-electron chi connectivity index (χ4n) is 0.0546. The Kier molecular flexibility index (Phi) is 25.7. The standard InChI is InChI=1S/C3H5ClO2.C2H2Cl2O.CH4O/c1-6-3(5)2-4;3-1-2(4)5;1-2/h2H2,1H3;1H2;2H,1H3. The van der Waals surface area contributed by atoms with Crippen LogP contribution in [0.15, 0.2) is 0 Å². The van der Waals surface area contributed by atoms with Crippen molar-refractivity contribution in [3.8, 4) is 0 Å². The van der Waals surface area contributed by atoms with E-state index in [9.17, 15) is 9.59 Å². The van der Waals surface area contributed by atoms with Crippen LogP contribution in [0.4, 0.5) is 0 Å². The van der Waals surface area contributed by atoms with Gasteiger partial charge in [0.2, 0.25) is 5.24 Å². The quantitative estimate of drug-likeness (QED) is 0.453. The summed E-state index contributed by atoms with van der Waals surface area (Å²) in [6.45, 7) is 0. The predicted molar refractivity (Wildman–Crippen MR) is 52.5 cm³/mol. The Bertz CT molecular complexity index is 123. The van der Waals surface area contributed by atoms with Gasteiger partial charge in [0.1, 0.15) is 5.88 Å². The zero-order valence-corrected chi connectivity index (χ0v) is 9.49. The van der Waals surface area contributed by atoms with E-state index in [4.69, 9.17) is 39.9 Å². The molecule has 0 unspecified atom stereocenters. The SMILES string of the molecule is CO.COC(=O)CCl.O=C(Cl)CCl. The van der Waals surface area contributed by atoms with Crippen molar-refractivity contribution in [2.45, 2.75) is 0 Å². The van der Waals surface area contributed by atoms with Crippen molar-refractivity contribution >= 4 is 46.0 Å². The van der Waals surface area contributed by atoms with Crippen molar-refractivity contribution in [3.05, 3.63) is 0 Å². The zero-order chi connectivity index (χ0) is 11.3. The highest BCUT2D eigenvalue weighted by Crippen LogP contribution is 1.80. The molecule has 0 spiro atoms. The van der Waals surface area contributed by atoms with Crippen LogP contribution in [0.3, 0.4) is 0 Å². The van der Waals surface area contributed by atoms with Crippen LogP contribution in [0.1, 0.15) is 0 Å². The first kappa shape index (κ1) is 18.7. The van der Waals surface area contributed by atoms with Crippen molar-refractivity contribution < 1.29 is 19.4 Å². The van der Waals surface area contributed by atoms with Gasteiger partial charge in [0.05, 0.1) is 13.0 Å². The van der Waals surface area contributed by atoms with E-state index in [-0.39, 0.29) is 11.8 Å². The molecule has 0 atom stereocenters. The number of hydrogen-bond acceptors (Lipinski definition) is 4. The molecule has 0 aromatic rings. The molecule has 0 aliphatic rings. The summed E-state index contributed by atoms with van der Waals surface area (Å²) >= 11 is 14.5. The number of methoxy groups -OCH3 is 1. The van der Waals surface area contributed by atoms with E-state index in [1.54, 1.807) is 0 Å². The van der Waals surface area contributed by atoms with Crippen LogP contribution in [0.5, 0.6) is 0 Å². The van der Waals surface area contributed by atoms with Crippen LogP contribution < -0.4 is 0 Å². The minimum Gasteiger partial charge on any atom is -0.468 e. The third kappa shape index (κ3) is 33.4. The number of halogens is 3. The number of rotatable bonds is 2. The molecule has 0 aromatic carbocycles. The van der Waals surface area contributed by atoms with Gasteiger partial charge in [0.15, 0.2) is 0 Å². The van der Waals surface area contributed by atoms with Crippen molar-refractivity contribution in [2.75, 3.05) is 26.0 Å². The molecular weight excluding hydrogens is 242 g/mol. The maximum atomic E-state index is 9.83.